The molecule has 26 heavy (non-hydrogen) atoms. The van der Waals surface area contributed by atoms with Crippen molar-refractivity contribution in [2.75, 3.05) is 0 Å². The zero-order valence-electron chi connectivity index (χ0n) is 15.6. The number of amides is 1. The molecule has 0 fully saturated rings. The number of ether oxygens (including phenoxy) is 1. The molecule has 1 unspecified atom stereocenters. The van der Waals surface area contributed by atoms with Gasteiger partial charge in [0.1, 0.15) is 0 Å². The Kier molecular flexibility index (Phi) is 9.10. The number of nitrogens with one attached hydrogen (secondary N) is 1. The second-order valence-corrected chi connectivity index (χ2v) is 6.64. The summed E-state index contributed by atoms with van der Waals surface area (Å²) in [5, 5.41) is 2.91. The van der Waals surface area contributed by atoms with Gasteiger partial charge in [-0.3, -0.25) is 4.79 Å². The average Bonchev–Trinajstić information content (AvgIpc) is 2.59. The fourth-order valence-corrected chi connectivity index (χ4v) is 2.62. The molecule has 0 bridgehead atoms. The number of hydrogen-bond acceptors (Lipinski definition) is 4. The van der Waals surface area contributed by atoms with E-state index in [0.29, 0.717) is 30.5 Å². The third-order valence-electron chi connectivity index (χ3n) is 3.83. The largest absolute Gasteiger partial charge is 0.475 e. The number of halogens is 1. The Bertz CT molecular complexity index is 690. The van der Waals surface area contributed by atoms with Gasteiger partial charge in [0.25, 0.3) is 5.91 Å². The number of nitrogens with two attached hydrogens (primary N) is 1. The number of rotatable bonds is 8. The SMILES string of the molecule is CC(C)CC(C)Oc1cc(CNC(=O)c2ccc(CN)cc2)ccn1.Cl. The number of benzene rings is 1. The highest BCUT2D eigenvalue weighted by Gasteiger charge is 2.09. The quantitative estimate of drug-likeness (QED) is 0.735. The van der Waals surface area contributed by atoms with E-state index in [-0.39, 0.29) is 24.4 Å². The Morgan fingerprint density at radius 3 is 2.46 bits per heavy atom. The van der Waals surface area contributed by atoms with Gasteiger partial charge in [0.05, 0.1) is 6.10 Å². The summed E-state index contributed by atoms with van der Waals surface area (Å²) < 4.78 is 5.85. The highest BCUT2D eigenvalue weighted by molar-refractivity contribution is 5.94. The van der Waals surface area contributed by atoms with Gasteiger partial charge in [-0.05, 0) is 48.6 Å². The minimum absolute atomic E-state index is 0. The number of aromatic nitrogens is 1. The molecule has 0 saturated carbocycles. The molecule has 1 aromatic carbocycles. The molecule has 0 spiro atoms. The lowest BCUT2D eigenvalue weighted by Gasteiger charge is -2.16. The first-order chi connectivity index (χ1) is 12.0. The average molecular weight is 378 g/mol. The maximum absolute atomic E-state index is 12.2. The van der Waals surface area contributed by atoms with Crippen LogP contribution in [0.25, 0.3) is 0 Å². The van der Waals surface area contributed by atoms with E-state index in [0.717, 1.165) is 17.5 Å². The minimum Gasteiger partial charge on any atom is -0.475 e. The summed E-state index contributed by atoms with van der Waals surface area (Å²) >= 11 is 0. The first kappa shape index (κ1) is 21.9. The number of carbonyl (C=O) groups is 1. The highest BCUT2D eigenvalue weighted by atomic mass is 35.5. The van der Waals surface area contributed by atoms with Gasteiger partial charge in [-0.15, -0.1) is 12.4 Å². The van der Waals surface area contributed by atoms with Crippen molar-refractivity contribution in [3.8, 4) is 5.88 Å². The van der Waals surface area contributed by atoms with Crippen LogP contribution in [0.3, 0.4) is 0 Å². The molecule has 142 valence electrons. The topological polar surface area (TPSA) is 77.2 Å². The first-order valence-corrected chi connectivity index (χ1v) is 8.66. The molecule has 2 rings (SSSR count). The van der Waals surface area contributed by atoms with Crippen molar-refractivity contribution in [2.24, 2.45) is 11.7 Å². The minimum atomic E-state index is -0.115. The van der Waals surface area contributed by atoms with E-state index in [9.17, 15) is 4.79 Å². The lowest BCUT2D eigenvalue weighted by molar-refractivity contribution is 0.0950. The zero-order valence-corrected chi connectivity index (χ0v) is 16.4. The number of carbonyl (C=O) groups excluding carboxylic acids is 1. The van der Waals surface area contributed by atoms with Crippen molar-refractivity contribution in [2.45, 2.75) is 46.4 Å². The third kappa shape index (κ3) is 7.02. The van der Waals surface area contributed by atoms with E-state index in [1.165, 1.54) is 0 Å². The number of hydrogen-bond donors (Lipinski definition) is 2. The molecule has 1 amide bonds. The second-order valence-electron chi connectivity index (χ2n) is 6.64. The summed E-state index contributed by atoms with van der Waals surface area (Å²) in [6.07, 6.45) is 2.79. The Morgan fingerprint density at radius 1 is 1.15 bits per heavy atom. The predicted octanol–water partition coefficient (Wildman–Crippen LogP) is 3.71. The molecule has 3 N–H and O–H groups in total. The van der Waals surface area contributed by atoms with E-state index in [4.69, 9.17) is 10.5 Å². The van der Waals surface area contributed by atoms with Crippen LogP contribution in [0.2, 0.25) is 0 Å². The molecule has 0 aliphatic rings. The van der Waals surface area contributed by atoms with E-state index >= 15 is 0 Å². The molecule has 0 radical (unpaired) electrons. The zero-order chi connectivity index (χ0) is 18.2. The summed E-state index contributed by atoms with van der Waals surface area (Å²) in [6, 6.07) is 11.0. The molecule has 0 aliphatic heterocycles. The van der Waals surface area contributed by atoms with Crippen molar-refractivity contribution < 1.29 is 9.53 Å². The van der Waals surface area contributed by atoms with Crippen LogP contribution in [0.15, 0.2) is 42.6 Å². The van der Waals surface area contributed by atoms with E-state index in [1.54, 1.807) is 18.3 Å². The molecular weight excluding hydrogens is 350 g/mol. The fraction of sp³-hybridized carbons (Fsp3) is 0.400. The Balaban J connectivity index is 0.00000338. The maximum atomic E-state index is 12.2. The smallest absolute Gasteiger partial charge is 0.251 e. The van der Waals surface area contributed by atoms with Crippen LogP contribution in [0.5, 0.6) is 5.88 Å². The van der Waals surface area contributed by atoms with Crippen molar-refractivity contribution in [3.05, 3.63) is 59.3 Å². The van der Waals surface area contributed by atoms with Crippen LogP contribution >= 0.6 is 12.4 Å². The van der Waals surface area contributed by atoms with Crippen molar-refractivity contribution >= 4 is 18.3 Å². The molecule has 6 heteroatoms. The maximum Gasteiger partial charge on any atom is 0.251 e. The predicted molar refractivity (Wildman–Crippen MR) is 107 cm³/mol. The van der Waals surface area contributed by atoms with Crippen LogP contribution in [-0.4, -0.2) is 17.0 Å². The monoisotopic (exact) mass is 377 g/mol. The Hall–Kier alpha value is -2.11. The standard InChI is InChI=1S/C20H27N3O2.ClH/c1-14(2)10-15(3)25-19-11-17(8-9-22-19)13-23-20(24)18-6-4-16(12-21)5-7-18;/h4-9,11,14-15H,10,12-13,21H2,1-3H3,(H,23,24);1H. The summed E-state index contributed by atoms with van der Waals surface area (Å²) in [4.78, 5) is 16.5. The van der Waals surface area contributed by atoms with Gasteiger partial charge in [-0.25, -0.2) is 4.98 Å². The molecule has 1 heterocycles. The van der Waals surface area contributed by atoms with Gasteiger partial charge in [0, 0.05) is 30.9 Å². The summed E-state index contributed by atoms with van der Waals surface area (Å²) in [5.41, 5.74) is 8.14. The van der Waals surface area contributed by atoms with Crippen LogP contribution in [-0.2, 0) is 13.1 Å². The third-order valence-corrected chi connectivity index (χ3v) is 3.83. The first-order valence-electron chi connectivity index (χ1n) is 8.66. The number of nitrogens with zero attached hydrogens (tertiary/aromatic N) is 1. The molecular formula is C20H28ClN3O2. The van der Waals surface area contributed by atoms with Crippen molar-refractivity contribution in [1.29, 1.82) is 0 Å². The van der Waals surface area contributed by atoms with E-state index < -0.39 is 0 Å². The molecule has 5 nitrogen and oxygen atoms in total. The highest BCUT2D eigenvalue weighted by Crippen LogP contribution is 2.15. The Labute approximate surface area is 161 Å². The van der Waals surface area contributed by atoms with Crippen LogP contribution in [0.1, 0.15) is 48.7 Å². The van der Waals surface area contributed by atoms with E-state index in [2.05, 4.69) is 24.1 Å². The summed E-state index contributed by atoms with van der Waals surface area (Å²) in [7, 11) is 0. The summed E-state index contributed by atoms with van der Waals surface area (Å²) in [5.74, 6) is 1.05. The lowest BCUT2D eigenvalue weighted by atomic mass is 10.1. The second kappa shape index (κ2) is 10.8. The lowest BCUT2D eigenvalue weighted by Crippen LogP contribution is -2.23. The fourth-order valence-electron chi connectivity index (χ4n) is 2.62. The van der Waals surface area contributed by atoms with Gasteiger partial charge in [0.15, 0.2) is 0 Å². The Morgan fingerprint density at radius 2 is 1.85 bits per heavy atom. The van der Waals surface area contributed by atoms with Gasteiger partial charge < -0.3 is 15.8 Å². The number of pyridine rings is 1. The molecule has 2 aromatic rings. The molecule has 0 aliphatic carbocycles. The normalized spacial score (nSPS) is 11.6. The summed E-state index contributed by atoms with van der Waals surface area (Å²) in [6.45, 7) is 7.27. The van der Waals surface area contributed by atoms with Gasteiger partial charge in [-0.2, -0.15) is 0 Å². The molecule has 1 aromatic heterocycles. The van der Waals surface area contributed by atoms with Gasteiger partial charge in [-0.1, -0.05) is 26.0 Å². The van der Waals surface area contributed by atoms with Crippen LogP contribution in [0, 0.1) is 5.92 Å². The van der Waals surface area contributed by atoms with E-state index in [1.807, 2.05) is 31.2 Å². The van der Waals surface area contributed by atoms with Crippen molar-refractivity contribution in [3.63, 3.8) is 0 Å². The molecule has 1 atom stereocenters. The van der Waals surface area contributed by atoms with Crippen LogP contribution in [0.4, 0.5) is 0 Å². The molecule has 0 saturated heterocycles. The van der Waals surface area contributed by atoms with Gasteiger partial charge >= 0.3 is 0 Å². The van der Waals surface area contributed by atoms with Crippen molar-refractivity contribution in [1.82, 2.24) is 10.3 Å². The van der Waals surface area contributed by atoms with Crippen LogP contribution < -0.4 is 15.8 Å². The van der Waals surface area contributed by atoms with Gasteiger partial charge in [0.2, 0.25) is 5.88 Å².